The van der Waals surface area contributed by atoms with E-state index in [9.17, 15) is 0 Å². The predicted molar refractivity (Wildman–Crippen MR) is 184 cm³/mol. The number of imidazole rings is 1. The molecular weight excluding hydrogens is 541 g/mol. The third-order valence-electron chi connectivity index (χ3n) is 8.74. The van der Waals surface area contributed by atoms with Gasteiger partial charge in [0.15, 0.2) is 0 Å². The third-order valence-corrected chi connectivity index (χ3v) is 9.96. The number of pyridine rings is 1. The summed E-state index contributed by atoms with van der Waals surface area (Å²) in [5.41, 5.74) is 10.8. The topological polar surface area (TPSA) is 17.3 Å². The van der Waals surface area contributed by atoms with Crippen molar-refractivity contribution in [3.05, 3.63) is 145 Å². The number of hydrogen-bond donors (Lipinski definition) is 0. The second-order valence-electron chi connectivity index (χ2n) is 11.3. The van der Waals surface area contributed by atoms with E-state index in [2.05, 4.69) is 145 Å². The van der Waals surface area contributed by atoms with E-state index >= 15 is 0 Å². The summed E-state index contributed by atoms with van der Waals surface area (Å²) in [6.07, 6.45) is 3.96. The molecule has 3 heterocycles. The zero-order chi connectivity index (χ0) is 28.5. The Balaban J connectivity index is 1.24. The molecular formula is C40H26N2S. The Bertz CT molecular complexity index is 2510. The second kappa shape index (κ2) is 9.38. The number of benzene rings is 6. The lowest BCUT2D eigenvalue weighted by atomic mass is 9.95. The first kappa shape index (κ1) is 24.4. The quantitative estimate of drug-likeness (QED) is 0.194. The first-order valence-electron chi connectivity index (χ1n) is 14.6. The zero-order valence-corrected chi connectivity index (χ0v) is 24.4. The number of thiophene rings is 1. The lowest BCUT2D eigenvalue weighted by Gasteiger charge is -2.13. The van der Waals surface area contributed by atoms with Crippen molar-refractivity contribution in [1.82, 2.24) is 9.38 Å². The van der Waals surface area contributed by atoms with Crippen LogP contribution >= 0.6 is 11.3 Å². The molecule has 0 unspecified atom stereocenters. The molecule has 0 N–H and O–H groups in total. The minimum Gasteiger partial charge on any atom is -0.299 e. The Hall–Kier alpha value is -5.25. The SMILES string of the molecule is Cc1ccc(-c2ccc3c(c2)c2cc(-c4cccc(-c5cccc6c5sc5ccccc56)c4)ccc2n2ccnc32)cc1. The van der Waals surface area contributed by atoms with E-state index in [1.807, 2.05) is 17.5 Å². The fourth-order valence-corrected chi connectivity index (χ4v) is 7.81. The molecule has 9 aromatic rings. The Morgan fingerprint density at radius 3 is 2.19 bits per heavy atom. The van der Waals surface area contributed by atoms with Crippen molar-refractivity contribution < 1.29 is 0 Å². The first-order chi connectivity index (χ1) is 21.2. The van der Waals surface area contributed by atoms with Crippen LogP contribution < -0.4 is 0 Å². The number of fused-ring (bicyclic) bond motifs is 9. The van der Waals surface area contributed by atoms with Crippen LogP contribution in [0.1, 0.15) is 5.56 Å². The molecule has 0 aliphatic carbocycles. The van der Waals surface area contributed by atoms with Gasteiger partial charge in [0.05, 0.1) is 5.52 Å². The summed E-state index contributed by atoms with van der Waals surface area (Å²) in [5.74, 6) is 0. The molecule has 3 heteroatoms. The van der Waals surface area contributed by atoms with Gasteiger partial charge in [-0.3, -0.25) is 4.40 Å². The maximum absolute atomic E-state index is 4.74. The largest absolute Gasteiger partial charge is 0.299 e. The molecule has 202 valence electrons. The van der Waals surface area contributed by atoms with Crippen LogP contribution in [0.15, 0.2) is 140 Å². The highest BCUT2D eigenvalue weighted by atomic mass is 32.1. The number of hydrogen-bond acceptors (Lipinski definition) is 2. The fourth-order valence-electron chi connectivity index (χ4n) is 6.57. The highest BCUT2D eigenvalue weighted by molar-refractivity contribution is 7.26. The van der Waals surface area contributed by atoms with Crippen molar-refractivity contribution in [1.29, 1.82) is 0 Å². The van der Waals surface area contributed by atoms with Gasteiger partial charge < -0.3 is 0 Å². The summed E-state index contributed by atoms with van der Waals surface area (Å²) >= 11 is 1.88. The van der Waals surface area contributed by atoms with E-state index in [1.54, 1.807) is 0 Å². The number of aromatic nitrogens is 2. The Morgan fingerprint density at radius 1 is 0.535 bits per heavy atom. The van der Waals surface area contributed by atoms with Crippen LogP contribution in [0.2, 0.25) is 0 Å². The van der Waals surface area contributed by atoms with Crippen molar-refractivity contribution in [2.24, 2.45) is 0 Å². The van der Waals surface area contributed by atoms with Gasteiger partial charge in [-0.15, -0.1) is 11.3 Å². The molecule has 0 radical (unpaired) electrons. The molecule has 0 aliphatic rings. The zero-order valence-electron chi connectivity index (χ0n) is 23.6. The molecule has 0 atom stereocenters. The predicted octanol–water partition coefficient (Wildman–Crippen LogP) is 11.3. The van der Waals surface area contributed by atoms with E-state index in [0.29, 0.717) is 0 Å². The van der Waals surface area contributed by atoms with Crippen LogP contribution in [0, 0.1) is 6.92 Å². The van der Waals surface area contributed by atoms with Crippen molar-refractivity contribution in [2.45, 2.75) is 6.92 Å². The van der Waals surface area contributed by atoms with Gasteiger partial charge in [0.25, 0.3) is 0 Å². The normalized spacial score (nSPS) is 11.8. The van der Waals surface area contributed by atoms with Crippen LogP contribution in [0.5, 0.6) is 0 Å². The molecule has 0 bridgehead atoms. The molecule has 9 rings (SSSR count). The van der Waals surface area contributed by atoms with Gasteiger partial charge >= 0.3 is 0 Å². The van der Waals surface area contributed by atoms with Gasteiger partial charge in [-0.05, 0) is 82.1 Å². The summed E-state index contributed by atoms with van der Waals surface area (Å²) in [5, 5.41) is 6.27. The van der Waals surface area contributed by atoms with Crippen LogP contribution in [0.3, 0.4) is 0 Å². The molecule has 0 saturated heterocycles. The van der Waals surface area contributed by atoms with Crippen molar-refractivity contribution in [3.63, 3.8) is 0 Å². The van der Waals surface area contributed by atoms with Gasteiger partial charge in [0.2, 0.25) is 0 Å². The van der Waals surface area contributed by atoms with Gasteiger partial charge in [0.1, 0.15) is 5.65 Å². The van der Waals surface area contributed by atoms with E-state index in [0.717, 1.165) is 16.6 Å². The number of rotatable bonds is 3. The van der Waals surface area contributed by atoms with Gasteiger partial charge in [0, 0.05) is 43.3 Å². The minimum atomic E-state index is 0.990. The molecule has 2 nitrogen and oxygen atoms in total. The van der Waals surface area contributed by atoms with Crippen LogP contribution in [-0.2, 0) is 0 Å². The maximum atomic E-state index is 4.74. The smallest absolute Gasteiger partial charge is 0.145 e. The minimum absolute atomic E-state index is 0.990. The maximum Gasteiger partial charge on any atom is 0.145 e. The van der Waals surface area contributed by atoms with Crippen molar-refractivity contribution in [2.75, 3.05) is 0 Å². The van der Waals surface area contributed by atoms with Crippen molar-refractivity contribution >= 4 is 58.8 Å². The summed E-state index contributed by atoms with van der Waals surface area (Å²) in [7, 11) is 0. The average Bonchev–Trinajstić information content (AvgIpc) is 3.71. The van der Waals surface area contributed by atoms with Crippen LogP contribution in [-0.4, -0.2) is 9.38 Å². The standard InChI is InChI=1S/C40H26N2S/c1-25-12-14-26(15-13-25)28-16-18-34-35(23-28)36-24-29(17-19-37(36)42-21-20-41-40(34)42)27-6-4-7-30(22-27)31-9-5-10-33-32-8-2-3-11-38(32)43-39(31)33/h2-24H,1H3. The van der Waals surface area contributed by atoms with Gasteiger partial charge in [-0.25, -0.2) is 4.98 Å². The highest BCUT2D eigenvalue weighted by Gasteiger charge is 2.14. The van der Waals surface area contributed by atoms with Gasteiger partial charge in [-0.2, -0.15) is 0 Å². The van der Waals surface area contributed by atoms with E-state index in [1.165, 1.54) is 69.9 Å². The molecule has 0 aliphatic heterocycles. The van der Waals surface area contributed by atoms with E-state index < -0.39 is 0 Å². The molecule has 0 amide bonds. The van der Waals surface area contributed by atoms with Crippen LogP contribution in [0.4, 0.5) is 0 Å². The monoisotopic (exact) mass is 566 g/mol. The molecule has 43 heavy (non-hydrogen) atoms. The average molecular weight is 567 g/mol. The lowest BCUT2D eigenvalue weighted by molar-refractivity contribution is 1.27. The number of nitrogens with zero attached hydrogens (tertiary/aromatic N) is 2. The molecule has 0 spiro atoms. The third kappa shape index (κ3) is 3.82. The lowest BCUT2D eigenvalue weighted by Crippen LogP contribution is -1.92. The molecule has 0 fully saturated rings. The highest BCUT2D eigenvalue weighted by Crippen LogP contribution is 2.41. The Morgan fingerprint density at radius 2 is 1.26 bits per heavy atom. The van der Waals surface area contributed by atoms with Gasteiger partial charge in [-0.1, -0.05) is 96.6 Å². The molecule has 6 aromatic carbocycles. The summed E-state index contributed by atoms with van der Waals surface area (Å²) < 4.78 is 4.89. The second-order valence-corrected chi connectivity index (χ2v) is 12.4. The van der Waals surface area contributed by atoms with Crippen LogP contribution in [0.25, 0.3) is 80.9 Å². The van der Waals surface area contributed by atoms with Crippen molar-refractivity contribution in [3.8, 4) is 33.4 Å². The summed E-state index contributed by atoms with van der Waals surface area (Å²) in [4.78, 5) is 4.74. The fraction of sp³-hybridized carbons (Fsp3) is 0.0250. The molecule has 0 saturated carbocycles. The Labute approximate surface area is 253 Å². The summed E-state index contributed by atoms with van der Waals surface area (Å²) in [6.45, 7) is 2.13. The molecule has 3 aromatic heterocycles. The number of aryl methyl sites for hydroxylation is 1. The Kier molecular flexibility index (Phi) is 5.32. The van der Waals surface area contributed by atoms with E-state index in [-0.39, 0.29) is 0 Å². The first-order valence-corrected chi connectivity index (χ1v) is 15.4. The van der Waals surface area contributed by atoms with E-state index in [4.69, 9.17) is 4.98 Å². The summed E-state index contributed by atoms with van der Waals surface area (Å²) in [6, 6.07) is 46.8.